The molecular formula is C95H110N8O44. The third kappa shape index (κ3) is 21.4. The van der Waals surface area contributed by atoms with Crippen molar-refractivity contribution in [1.82, 2.24) is 31.9 Å². The first-order valence-electron chi connectivity index (χ1n) is 46.4. The van der Waals surface area contributed by atoms with Crippen LogP contribution in [0.25, 0.3) is 11.1 Å². The van der Waals surface area contributed by atoms with Crippen molar-refractivity contribution in [3.8, 4) is 80.1 Å². The molecule has 12 aliphatic heterocycles. The molecule has 0 unspecified atom stereocenters. The third-order valence-electron chi connectivity index (χ3n) is 27.1. The number of methoxy groups -OCH3 is 1. The summed E-state index contributed by atoms with van der Waals surface area (Å²) in [6, 6.07) is 4.22. The molecule has 6 saturated heterocycles. The third-order valence-corrected chi connectivity index (χ3v) is 27.1. The summed E-state index contributed by atoms with van der Waals surface area (Å²) in [6.45, 7) is 0.141. The zero-order valence-electron chi connectivity index (χ0n) is 77.9. The number of esters is 1. The van der Waals surface area contributed by atoms with E-state index in [0.717, 1.165) is 98.1 Å². The highest BCUT2D eigenvalue weighted by atomic mass is 16.8. The quantitative estimate of drug-likeness (QED) is 0.0400. The van der Waals surface area contributed by atoms with Crippen LogP contribution in [-0.4, -0.2) is 366 Å². The summed E-state index contributed by atoms with van der Waals surface area (Å²) < 4.78 is 99.8. The molecule has 12 aliphatic rings. The van der Waals surface area contributed by atoms with E-state index in [1.54, 1.807) is 0 Å². The lowest BCUT2D eigenvalue weighted by atomic mass is 9.89. The summed E-state index contributed by atoms with van der Waals surface area (Å²) in [5, 5.41) is 257. The van der Waals surface area contributed by atoms with E-state index in [1.807, 2.05) is 0 Å². The smallest absolute Gasteiger partial charge is 0.333 e. The Labute approximate surface area is 831 Å². The number of fused-ring (bicyclic) bond motifs is 14. The zero-order valence-corrected chi connectivity index (χ0v) is 77.9. The second-order valence-corrected chi connectivity index (χ2v) is 36.9. The SMILES string of the molecule is COC(=O)[C@H]1NC(=O)[C@H]2NC(=O)[C@H](NC(=O)[C@@H]3NC(=O)[C@H]4NC(=O)[C@H](NC(=O)[C@@H](N)c5ccc(O)c(c5)Oc5cc4cc(O)c5C)[C@H](O)c4ccc(cc4)Oc4cc3cc(c4O[C@@H]3O[C@H](CO[C@@H]4O[C@@H](C)[C@H](O)[C@@H](O)[C@H]4O)[C@@H](O)[C@H](O)[C@H]3O[C@H]3O[C@H](CO)[C@@H](O)[C@H](O)[C@@H]3O[C@@H]3OC[C@@H](O)[C@@H](O)[C@@H]3O)Oc3ccc(cc3)[C@H]2O[C@H]2C[C@@H](N)[C@@H](O)[C@H](C)O2)c2ccc(O)c(c2)-c2c(O[C@@H]3O[C@H](CO)[C@@H](O)[C@H](O)[C@@H]3O)cc(O)cc21. The minimum atomic E-state index is -2.60. The number of carbonyl (C=O) groups is 7. The van der Waals surface area contributed by atoms with Crippen LogP contribution in [0.1, 0.15) is 107 Å². The predicted octanol–water partition coefficient (Wildman–Crippen LogP) is -6.50. The number of phenols is 4. The van der Waals surface area contributed by atoms with Crippen molar-refractivity contribution in [2.75, 3.05) is 33.5 Å². The van der Waals surface area contributed by atoms with Crippen molar-refractivity contribution < 1.29 is 217 Å². The lowest BCUT2D eigenvalue weighted by Crippen LogP contribution is -2.67. The van der Waals surface area contributed by atoms with Gasteiger partial charge in [-0.25, -0.2) is 4.79 Å². The molecule has 0 spiro atoms. The van der Waals surface area contributed by atoms with Crippen molar-refractivity contribution in [2.24, 2.45) is 11.5 Å². The van der Waals surface area contributed by atoms with E-state index in [-0.39, 0.29) is 39.5 Å². The molecule has 19 rings (SSSR count). The number of aliphatic hydroxyl groups is 17. The molecule has 31 N–H and O–H groups in total. The zero-order chi connectivity index (χ0) is 105. The van der Waals surface area contributed by atoms with Crippen LogP contribution >= 0.6 is 0 Å². The van der Waals surface area contributed by atoms with E-state index in [0.29, 0.717) is 0 Å². The molecule has 794 valence electrons. The van der Waals surface area contributed by atoms with Crippen molar-refractivity contribution >= 4 is 41.4 Å². The van der Waals surface area contributed by atoms with Gasteiger partial charge in [0.05, 0.1) is 51.8 Å². The molecule has 0 saturated carbocycles. The van der Waals surface area contributed by atoms with Crippen LogP contribution in [0.3, 0.4) is 0 Å². The Morgan fingerprint density at radius 3 is 1.59 bits per heavy atom. The molecule has 147 heavy (non-hydrogen) atoms. The fraction of sp³-hybridized carbons (Fsp3) is 0.484. The maximum atomic E-state index is 17.3. The van der Waals surface area contributed by atoms with Gasteiger partial charge in [0.25, 0.3) is 0 Å². The number of carbonyl (C=O) groups excluding carboxylic acids is 7. The Balaban J connectivity index is 0.908. The largest absolute Gasteiger partial charge is 0.508 e. The number of amides is 6. The summed E-state index contributed by atoms with van der Waals surface area (Å²) in [5.74, 6) is -17.8. The van der Waals surface area contributed by atoms with E-state index in [9.17, 15) is 117 Å². The number of rotatable bonds is 16. The Bertz CT molecular complexity index is 6010. The number of hydrogen-bond donors (Lipinski definition) is 29. The second kappa shape index (κ2) is 43.6. The van der Waals surface area contributed by atoms with Gasteiger partial charge in [0, 0.05) is 40.8 Å². The highest BCUT2D eigenvalue weighted by molar-refractivity contribution is 6.00. The molecule has 7 aromatic carbocycles. The number of ether oxygens (including phenoxy) is 16. The van der Waals surface area contributed by atoms with Gasteiger partial charge in [-0.2, -0.15) is 0 Å². The predicted molar refractivity (Wildman–Crippen MR) is 483 cm³/mol. The van der Waals surface area contributed by atoms with Crippen LogP contribution in [0.15, 0.2) is 121 Å². The Morgan fingerprint density at radius 2 is 0.946 bits per heavy atom. The summed E-state index contributed by atoms with van der Waals surface area (Å²) in [5.41, 5.74) is 9.22. The molecule has 0 aromatic heterocycles. The van der Waals surface area contributed by atoms with Crippen LogP contribution in [0.4, 0.5) is 0 Å². The number of benzene rings is 7. The maximum Gasteiger partial charge on any atom is 0.333 e. The van der Waals surface area contributed by atoms with Crippen LogP contribution in [0.5, 0.6) is 69.0 Å². The molecule has 0 aliphatic carbocycles. The van der Waals surface area contributed by atoms with E-state index in [2.05, 4.69) is 31.9 Å². The van der Waals surface area contributed by atoms with Gasteiger partial charge < -0.3 is 226 Å². The van der Waals surface area contributed by atoms with E-state index >= 15 is 24.0 Å². The van der Waals surface area contributed by atoms with Crippen molar-refractivity contribution in [3.05, 3.63) is 166 Å². The fourth-order valence-electron chi connectivity index (χ4n) is 18.6. The molecule has 37 atom stereocenters. The lowest BCUT2D eigenvalue weighted by Gasteiger charge is -2.48. The van der Waals surface area contributed by atoms with E-state index in [4.69, 9.17) is 87.3 Å². The molecule has 6 fully saturated rings. The second-order valence-electron chi connectivity index (χ2n) is 36.9. The molecule has 17 bridgehead atoms. The standard InChI is InChI=1S/C95H110N8O44/c1-30-47(109)18-37-20-49(30)139-50-19-35(9-16-46(50)108)59(97)84(125)102-64-68(113)33-5-11-40(12-6-33)137-52-21-38-22-53(81(52)145-95-83(76(121)72(117)56(143-95)29-134-91-78(123)73(118)67(112)32(3)136-91)147-94-82(75(120)71(116)55(27-105)142-94)146-92-77(122)69(114)48(110)28-133-92)138-41-13-7-34(8-14-41)80(144-57-25-44(96)66(111)31(2)135-57)65-89(130)101-63(90(131)132-4)43-23-39(106)24-51(140-93-79(124)74(119)70(115)54(26-104)141-93)58(43)42-17-36(10-15-45(42)107)60(85(126)103-65)98-87(128)62(38)99-86(127)61(37)100-88(64)129/h5-24,31-32,44,48,54-57,59-80,82-83,91-95,104-124H,25-29,96-97H2,1-4H3,(H,98,128)(H,99,127)(H,100,129)(H,101,130)(H,102,125)(H,103,126)/t31-,32-,44+,48+,54+,55+,56+,57-,59-,60+,61-,62+,63-,64+,65-,66-,67-,68+,69+,70+,71+,72+,73+,74-,75-,76-,77-,78+,79-,80+,82-,83+,91+,92-,93+,94+,95-/m0/s1. The minimum absolute atomic E-state index is 0.0673. The molecule has 12 heterocycles. The van der Waals surface area contributed by atoms with Gasteiger partial charge >= 0.3 is 5.97 Å². The van der Waals surface area contributed by atoms with Gasteiger partial charge in [-0.15, -0.1) is 0 Å². The summed E-state index contributed by atoms with van der Waals surface area (Å²) in [4.78, 5) is 113. The minimum Gasteiger partial charge on any atom is -0.508 e. The number of phenolic OH excluding ortho intramolecular Hbond substituents is 4. The van der Waals surface area contributed by atoms with Crippen LogP contribution in [-0.2, 0) is 85.7 Å². The number of hydrogen-bond acceptors (Lipinski definition) is 46. The topological polar surface area (TPSA) is 816 Å². The fourth-order valence-corrected chi connectivity index (χ4v) is 18.6. The first-order chi connectivity index (χ1) is 70.0. The molecule has 52 heteroatoms. The highest BCUT2D eigenvalue weighted by Gasteiger charge is 2.57. The van der Waals surface area contributed by atoms with Gasteiger partial charge in [0.15, 0.2) is 60.3 Å². The lowest BCUT2D eigenvalue weighted by molar-refractivity contribution is -0.385. The maximum absolute atomic E-state index is 17.3. The average Bonchev–Trinajstić information content (AvgIpc) is 0.742. The number of aromatic hydroxyl groups is 4. The van der Waals surface area contributed by atoms with Crippen molar-refractivity contribution in [3.63, 3.8) is 0 Å². The van der Waals surface area contributed by atoms with Crippen LogP contribution < -0.4 is 67.1 Å². The van der Waals surface area contributed by atoms with E-state index in [1.165, 1.54) is 51.1 Å². The highest BCUT2D eigenvalue weighted by Crippen LogP contribution is 2.51. The molecule has 6 amide bonds. The van der Waals surface area contributed by atoms with E-state index < -0.39 is 386 Å². The monoisotopic (exact) mass is 2070 g/mol. The van der Waals surface area contributed by atoms with Gasteiger partial charge in [-0.3, -0.25) is 28.8 Å². The van der Waals surface area contributed by atoms with Gasteiger partial charge in [-0.05, 0) is 133 Å². The first kappa shape index (κ1) is 106. The van der Waals surface area contributed by atoms with Gasteiger partial charge in [0.1, 0.15) is 192 Å². The number of aliphatic hydroxyl groups excluding tert-OH is 17. The normalized spacial score (nSPS) is 36.2. The number of nitrogens with two attached hydrogens (primary N) is 2. The van der Waals surface area contributed by atoms with Crippen LogP contribution in [0.2, 0.25) is 0 Å². The Kier molecular flexibility index (Phi) is 31.5. The molecule has 52 nitrogen and oxygen atoms in total. The number of nitrogens with one attached hydrogen (secondary N) is 6. The first-order valence-corrected chi connectivity index (χ1v) is 46.4. The molecule has 0 radical (unpaired) electrons. The van der Waals surface area contributed by atoms with Crippen LogP contribution in [0, 0.1) is 6.92 Å². The van der Waals surface area contributed by atoms with Gasteiger partial charge in [-0.1, -0.05) is 36.4 Å². The molecular weight excluding hydrogens is 1960 g/mol. The Hall–Kier alpha value is -12.1. The average molecular weight is 2070 g/mol. The summed E-state index contributed by atoms with van der Waals surface area (Å²) in [7, 11) is 0.873. The summed E-state index contributed by atoms with van der Waals surface area (Å²) in [6.07, 6.45) is -58.6. The summed E-state index contributed by atoms with van der Waals surface area (Å²) >= 11 is 0. The molecule has 7 aromatic rings. The Morgan fingerprint density at radius 1 is 0.429 bits per heavy atom. The van der Waals surface area contributed by atoms with Gasteiger partial charge in [0.2, 0.25) is 53.8 Å². The van der Waals surface area contributed by atoms with Crippen molar-refractivity contribution in [1.29, 1.82) is 0 Å². The van der Waals surface area contributed by atoms with Crippen molar-refractivity contribution in [2.45, 2.75) is 254 Å².